The second-order valence-corrected chi connectivity index (χ2v) is 12.3. The Bertz CT molecular complexity index is 2640. The van der Waals surface area contributed by atoms with E-state index in [2.05, 4.69) is 50.7 Å². The number of halogens is 6. The van der Waals surface area contributed by atoms with Crippen molar-refractivity contribution in [1.82, 2.24) is 49.5 Å². The Morgan fingerprint density at radius 2 is 1.16 bits per heavy atom. The first-order valence-electron chi connectivity index (χ1n) is 16.9. The summed E-state index contributed by atoms with van der Waals surface area (Å²) in [6.45, 7) is 2.49. The van der Waals surface area contributed by atoms with Crippen LogP contribution in [-0.2, 0) is 13.1 Å². The number of pyridine rings is 6. The maximum atomic E-state index is 14.1. The molecular weight excluding hydrogens is 738 g/mol. The van der Waals surface area contributed by atoms with E-state index >= 15 is 0 Å². The lowest BCUT2D eigenvalue weighted by Crippen LogP contribution is -2.09. The lowest BCUT2D eigenvalue weighted by molar-refractivity contribution is 0.122. The number of aryl methyl sites for hydroxylation is 2. The number of hydrogen-bond donors (Lipinski definition) is 2. The van der Waals surface area contributed by atoms with Gasteiger partial charge in [-0.3, -0.25) is 29.3 Å². The molecule has 18 heteroatoms. The van der Waals surface area contributed by atoms with Crippen LogP contribution in [0.1, 0.15) is 11.4 Å². The molecule has 2 N–H and O–H groups in total. The molecule has 0 aliphatic heterocycles. The van der Waals surface area contributed by atoms with Gasteiger partial charge in [-0.05, 0) is 74.5 Å². The maximum Gasteiger partial charge on any atom is 0.257 e. The van der Waals surface area contributed by atoms with E-state index in [-0.39, 0.29) is 11.4 Å². The fourth-order valence-corrected chi connectivity index (χ4v) is 5.72. The van der Waals surface area contributed by atoms with Crippen molar-refractivity contribution in [1.29, 1.82) is 0 Å². The van der Waals surface area contributed by atoms with Gasteiger partial charge >= 0.3 is 0 Å². The normalized spacial score (nSPS) is 11.3. The number of alkyl halides is 4. The summed E-state index contributed by atoms with van der Waals surface area (Å²) in [5.41, 5.74) is 6.66. The monoisotopic (exact) mass is 768 g/mol. The summed E-state index contributed by atoms with van der Waals surface area (Å²) >= 11 is 0. The Morgan fingerprint density at radius 1 is 0.625 bits per heavy atom. The summed E-state index contributed by atoms with van der Waals surface area (Å²) in [6, 6.07) is 15.9. The van der Waals surface area contributed by atoms with Gasteiger partial charge in [-0.1, -0.05) is 0 Å². The summed E-state index contributed by atoms with van der Waals surface area (Å²) in [4.78, 5) is 25.1. The standard InChI is InChI=1S/2C19H15F3N6/c1-11-2-3-13(20)18(25-11)15-8-12(4-6-23-15)26-14-5-7-24-16-9-28(10-17(21)22)27-19(14)16;1-11-2-3-13(20)18(26-11)15-8-12(4-6-23-15)27-14-5-7-24-16-9-25-28(19(14)16)10-17(21)22/h2-9,17H,10H2,1H3,(H,23,26);2-9,17H,10H2,1H3,(H,23,24,27). The molecule has 0 aromatic carbocycles. The summed E-state index contributed by atoms with van der Waals surface area (Å²) in [5.74, 6) is -0.941. The average Bonchev–Trinajstić information content (AvgIpc) is 3.78. The number of aromatic nitrogens is 10. The van der Waals surface area contributed by atoms with Crippen LogP contribution >= 0.6 is 0 Å². The molecule has 0 amide bonds. The molecule has 8 aromatic rings. The van der Waals surface area contributed by atoms with Crippen molar-refractivity contribution in [2.24, 2.45) is 0 Å². The zero-order chi connectivity index (χ0) is 39.3. The molecule has 0 saturated carbocycles. The van der Waals surface area contributed by atoms with Crippen LogP contribution in [0.15, 0.2) is 97.8 Å². The van der Waals surface area contributed by atoms with E-state index in [1.807, 2.05) is 0 Å². The number of nitrogens with one attached hydrogen (secondary N) is 2. The van der Waals surface area contributed by atoms with Gasteiger partial charge in [-0.2, -0.15) is 10.2 Å². The van der Waals surface area contributed by atoms with Gasteiger partial charge in [-0.15, -0.1) is 0 Å². The first-order valence-corrected chi connectivity index (χ1v) is 16.9. The van der Waals surface area contributed by atoms with Gasteiger partial charge in [0.2, 0.25) is 0 Å². The van der Waals surface area contributed by atoms with Crippen molar-refractivity contribution in [3.63, 3.8) is 0 Å². The smallest absolute Gasteiger partial charge is 0.257 e. The van der Waals surface area contributed by atoms with Crippen molar-refractivity contribution in [2.75, 3.05) is 10.6 Å². The van der Waals surface area contributed by atoms with Gasteiger partial charge in [-0.25, -0.2) is 36.3 Å². The highest BCUT2D eigenvalue weighted by atomic mass is 19.3. The third kappa shape index (κ3) is 8.53. The molecule has 8 heterocycles. The topological polar surface area (TPSA) is 137 Å². The van der Waals surface area contributed by atoms with Crippen molar-refractivity contribution in [2.45, 2.75) is 39.8 Å². The highest BCUT2D eigenvalue weighted by Crippen LogP contribution is 2.29. The van der Waals surface area contributed by atoms with Crippen LogP contribution in [0.4, 0.5) is 49.1 Å². The van der Waals surface area contributed by atoms with Crippen LogP contribution in [0, 0.1) is 25.5 Å². The number of nitrogens with zero attached hydrogens (tertiary/aromatic N) is 10. The minimum absolute atomic E-state index is 0.145. The molecule has 0 aliphatic rings. The molecule has 0 atom stereocenters. The van der Waals surface area contributed by atoms with E-state index in [4.69, 9.17) is 0 Å². The minimum atomic E-state index is -2.54. The molecule has 12 nitrogen and oxygen atoms in total. The van der Waals surface area contributed by atoms with Crippen LogP contribution < -0.4 is 10.6 Å². The lowest BCUT2D eigenvalue weighted by Gasteiger charge is -2.11. The fourth-order valence-electron chi connectivity index (χ4n) is 5.72. The molecule has 284 valence electrons. The zero-order valence-electron chi connectivity index (χ0n) is 29.5. The van der Waals surface area contributed by atoms with Crippen LogP contribution in [0.5, 0.6) is 0 Å². The third-order valence-corrected chi connectivity index (χ3v) is 8.15. The molecule has 0 spiro atoms. The van der Waals surface area contributed by atoms with Crippen LogP contribution in [0.3, 0.4) is 0 Å². The molecule has 0 saturated heterocycles. The molecule has 0 aliphatic carbocycles. The zero-order valence-corrected chi connectivity index (χ0v) is 29.5. The van der Waals surface area contributed by atoms with Gasteiger partial charge in [0.1, 0.15) is 46.5 Å². The predicted molar refractivity (Wildman–Crippen MR) is 198 cm³/mol. The summed E-state index contributed by atoms with van der Waals surface area (Å²) in [6.07, 6.45) is 4.03. The van der Waals surface area contributed by atoms with Crippen LogP contribution in [0.2, 0.25) is 0 Å². The first kappa shape index (κ1) is 37.3. The molecule has 8 rings (SSSR count). The van der Waals surface area contributed by atoms with E-state index < -0.39 is 37.6 Å². The van der Waals surface area contributed by atoms with Gasteiger partial charge in [0, 0.05) is 47.6 Å². The lowest BCUT2D eigenvalue weighted by atomic mass is 10.2. The van der Waals surface area contributed by atoms with Crippen molar-refractivity contribution >= 4 is 44.8 Å². The molecule has 0 bridgehead atoms. The minimum Gasteiger partial charge on any atom is -0.354 e. The highest BCUT2D eigenvalue weighted by Gasteiger charge is 2.16. The average molecular weight is 769 g/mol. The van der Waals surface area contributed by atoms with Crippen LogP contribution in [0.25, 0.3) is 44.8 Å². The first-order chi connectivity index (χ1) is 27.0. The Morgan fingerprint density at radius 3 is 1.75 bits per heavy atom. The van der Waals surface area contributed by atoms with E-state index in [0.29, 0.717) is 67.6 Å². The molecule has 0 unspecified atom stereocenters. The second kappa shape index (κ2) is 16.2. The van der Waals surface area contributed by atoms with E-state index in [1.165, 1.54) is 41.6 Å². The molecule has 0 radical (unpaired) electrons. The van der Waals surface area contributed by atoms with Crippen molar-refractivity contribution in [3.8, 4) is 22.8 Å². The number of anilines is 4. The summed E-state index contributed by atoms with van der Waals surface area (Å²) < 4.78 is 81.6. The molecular formula is C38H30F6N12. The molecule has 8 aromatic heterocycles. The summed E-state index contributed by atoms with van der Waals surface area (Å²) in [5, 5.41) is 14.5. The number of hydrogen-bond acceptors (Lipinski definition) is 10. The molecule has 0 fully saturated rings. The highest BCUT2D eigenvalue weighted by molar-refractivity contribution is 5.90. The van der Waals surface area contributed by atoms with E-state index in [9.17, 15) is 26.3 Å². The number of fused-ring (bicyclic) bond motifs is 2. The Labute approximate surface area is 314 Å². The van der Waals surface area contributed by atoms with Gasteiger partial charge in [0.15, 0.2) is 11.6 Å². The molecule has 56 heavy (non-hydrogen) atoms. The Kier molecular flexibility index (Phi) is 10.8. The van der Waals surface area contributed by atoms with Gasteiger partial charge in [0.05, 0.1) is 35.2 Å². The van der Waals surface area contributed by atoms with E-state index in [1.54, 1.807) is 74.8 Å². The Balaban J connectivity index is 0.000000172. The SMILES string of the molecule is Cc1ccc(F)c(-c2cc(Nc3ccnc4cn(CC(F)F)nc34)ccn2)n1.Cc1ccc(F)c(-c2cc(Nc3ccnc4cnn(CC(F)F)c34)ccn2)n1. The summed E-state index contributed by atoms with van der Waals surface area (Å²) in [7, 11) is 0. The van der Waals surface area contributed by atoms with Gasteiger partial charge in [0.25, 0.3) is 12.9 Å². The third-order valence-electron chi connectivity index (χ3n) is 8.15. The maximum absolute atomic E-state index is 14.1. The van der Waals surface area contributed by atoms with Crippen LogP contribution in [-0.4, -0.2) is 62.3 Å². The fraction of sp³-hybridized carbons (Fsp3) is 0.158. The number of rotatable bonds is 10. The van der Waals surface area contributed by atoms with E-state index in [0.717, 1.165) is 4.68 Å². The Hall–Kier alpha value is -6.98. The van der Waals surface area contributed by atoms with Crippen molar-refractivity contribution < 1.29 is 26.3 Å². The largest absolute Gasteiger partial charge is 0.354 e. The predicted octanol–water partition coefficient (Wildman–Crippen LogP) is 8.69. The quantitative estimate of drug-likeness (QED) is 0.130. The van der Waals surface area contributed by atoms with Crippen molar-refractivity contribution in [3.05, 3.63) is 121 Å². The second-order valence-electron chi connectivity index (χ2n) is 12.3. The van der Waals surface area contributed by atoms with Gasteiger partial charge < -0.3 is 10.6 Å².